The summed E-state index contributed by atoms with van der Waals surface area (Å²) in [6, 6.07) is 57.6. The highest BCUT2D eigenvalue weighted by atomic mass is 15.1. The molecule has 5 heteroatoms. The lowest BCUT2D eigenvalue weighted by Crippen LogP contribution is -2.12. The second kappa shape index (κ2) is 13.9. The quantitative estimate of drug-likeness (QED) is 0.188. The van der Waals surface area contributed by atoms with Crippen molar-refractivity contribution in [2.24, 2.45) is 0 Å². The number of para-hydroxylation sites is 2. The first-order valence-electron chi connectivity index (χ1n) is 21.7. The minimum Gasteiger partial charge on any atom is -0.354 e. The van der Waals surface area contributed by atoms with Gasteiger partial charge in [-0.1, -0.05) is 144 Å². The monoisotopic (exact) mass is 803 g/mol. The number of hydrogen-bond donors (Lipinski definition) is 1. The zero-order valence-electron chi connectivity index (χ0n) is 36.4. The normalized spacial score (nSPS) is 12.4. The molecule has 4 heterocycles. The summed E-state index contributed by atoms with van der Waals surface area (Å²) >= 11 is 0. The van der Waals surface area contributed by atoms with E-state index >= 15 is 0 Å². The maximum atomic E-state index is 5.72. The molecule has 11 rings (SSSR count). The van der Waals surface area contributed by atoms with E-state index in [1.807, 2.05) is 6.20 Å². The number of aromatic nitrogens is 5. The Morgan fingerprint density at radius 1 is 0.484 bits per heavy atom. The number of aryl methyl sites for hydroxylation is 1. The van der Waals surface area contributed by atoms with Crippen LogP contribution in [0.4, 0.5) is 0 Å². The van der Waals surface area contributed by atoms with Crippen LogP contribution in [-0.2, 0) is 10.8 Å². The van der Waals surface area contributed by atoms with Crippen LogP contribution in [0.3, 0.4) is 0 Å². The Kier molecular flexibility index (Phi) is 8.46. The molecular formula is C57H49N5. The molecular weight excluding hydrogens is 755 g/mol. The lowest BCUT2D eigenvalue weighted by atomic mass is 9.86. The summed E-state index contributed by atoms with van der Waals surface area (Å²) in [5.74, 6) is 1.81. The van der Waals surface area contributed by atoms with Crippen molar-refractivity contribution in [3.63, 3.8) is 0 Å². The van der Waals surface area contributed by atoms with Crippen molar-refractivity contribution >= 4 is 54.6 Å². The average molecular weight is 804 g/mol. The van der Waals surface area contributed by atoms with Crippen LogP contribution in [-0.4, -0.2) is 24.1 Å². The molecule has 0 bridgehead atoms. The number of rotatable bonds is 5. The number of benzene rings is 7. The van der Waals surface area contributed by atoms with Gasteiger partial charge in [0.15, 0.2) is 0 Å². The zero-order chi connectivity index (χ0) is 42.5. The molecule has 0 saturated carbocycles. The Balaban J connectivity index is 1.20. The van der Waals surface area contributed by atoms with E-state index in [9.17, 15) is 0 Å². The lowest BCUT2D eigenvalue weighted by Gasteiger charge is -2.21. The third-order valence-electron chi connectivity index (χ3n) is 12.7. The Bertz CT molecular complexity index is 3530. The van der Waals surface area contributed by atoms with Crippen LogP contribution in [0.5, 0.6) is 0 Å². The zero-order valence-corrected chi connectivity index (χ0v) is 36.4. The summed E-state index contributed by atoms with van der Waals surface area (Å²) in [6.45, 7) is 15.8. The average Bonchev–Trinajstić information content (AvgIpc) is 3.95. The fourth-order valence-corrected chi connectivity index (χ4v) is 9.30. The number of hydrogen-bond acceptors (Lipinski definition) is 2. The fraction of sp³-hybridized carbons (Fsp3) is 0.158. The minimum absolute atomic E-state index is 0.00993. The minimum atomic E-state index is -0.0269. The topological polar surface area (TPSA) is 51.4 Å². The van der Waals surface area contributed by atoms with E-state index in [0.717, 1.165) is 72.7 Å². The highest BCUT2D eigenvalue weighted by Gasteiger charge is 2.24. The molecule has 0 radical (unpaired) electrons. The van der Waals surface area contributed by atoms with E-state index in [4.69, 9.17) is 9.97 Å². The second-order valence-corrected chi connectivity index (χ2v) is 19.0. The van der Waals surface area contributed by atoms with Gasteiger partial charge in [-0.2, -0.15) is 0 Å². The van der Waals surface area contributed by atoms with E-state index in [1.54, 1.807) is 0 Å². The maximum Gasteiger partial charge on any atom is 0.147 e. The van der Waals surface area contributed by atoms with E-state index in [-0.39, 0.29) is 10.8 Å². The van der Waals surface area contributed by atoms with Gasteiger partial charge in [-0.25, -0.2) is 9.97 Å². The highest BCUT2D eigenvalue weighted by molar-refractivity contribution is 6.14. The van der Waals surface area contributed by atoms with Crippen LogP contribution in [0.25, 0.3) is 99.8 Å². The summed E-state index contributed by atoms with van der Waals surface area (Å²) in [4.78, 5) is 14.6. The lowest BCUT2D eigenvalue weighted by molar-refractivity contribution is 0.588. The van der Waals surface area contributed by atoms with Crippen molar-refractivity contribution < 1.29 is 0 Å². The van der Waals surface area contributed by atoms with Gasteiger partial charge in [-0.15, -0.1) is 0 Å². The largest absolute Gasteiger partial charge is 0.354 e. The molecule has 1 N–H and O–H groups in total. The van der Waals surface area contributed by atoms with Gasteiger partial charge in [0.2, 0.25) is 0 Å². The molecule has 0 amide bonds. The third-order valence-corrected chi connectivity index (χ3v) is 12.7. The smallest absolute Gasteiger partial charge is 0.147 e. The SMILES string of the molecule is Cc1ccc(-n2c(-c3cc(-c4ccccc4)cc4c3[nH]c3ccccc34)nc3c(-c4ccc5c6ccc(C(C)(C)C)cc6n(-c6cc(C(C)(C)C)ccn6)c5c4)cccc32)cc1. The first-order chi connectivity index (χ1) is 29.9. The summed E-state index contributed by atoms with van der Waals surface area (Å²) in [5, 5.41) is 4.79. The maximum absolute atomic E-state index is 5.72. The molecule has 0 atom stereocenters. The van der Waals surface area contributed by atoms with Crippen molar-refractivity contribution in [2.75, 3.05) is 0 Å². The van der Waals surface area contributed by atoms with Crippen LogP contribution in [0, 0.1) is 6.92 Å². The number of nitrogens with zero attached hydrogens (tertiary/aromatic N) is 4. The fourth-order valence-electron chi connectivity index (χ4n) is 9.30. The number of H-pyrrole nitrogens is 1. The van der Waals surface area contributed by atoms with Crippen molar-refractivity contribution in [3.05, 3.63) is 181 Å². The van der Waals surface area contributed by atoms with Gasteiger partial charge in [0.05, 0.1) is 27.6 Å². The molecule has 4 aromatic heterocycles. The Morgan fingerprint density at radius 3 is 1.97 bits per heavy atom. The number of pyridine rings is 1. The first-order valence-corrected chi connectivity index (χ1v) is 21.7. The Hall–Kier alpha value is -7.24. The van der Waals surface area contributed by atoms with Gasteiger partial charge >= 0.3 is 0 Å². The number of nitrogens with one attached hydrogen (secondary N) is 1. The van der Waals surface area contributed by atoms with Crippen molar-refractivity contribution in [1.82, 2.24) is 24.1 Å². The number of imidazole rings is 1. The molecule has 11 aromatic rings. The van der Waals surface area contributed by atoms with Crippen LogP contribution < -0.4 is 0 Å². The van der Waals surface area contributed by atoms with Crippen LogP contribution >= 0.6 is 0 Å². The molecule has 0 fully saturated rings. The molecule has 0 saturated heterocycles. The van der Waals surface area contributed by atoms with Gasteiger partial charge in [0.25, 0.3) is 0 Å². The number of aromatic amines is 1. The first kappa shape index (κ1) is 37.7. The molecule has 5 nitrogen and oxygen atoms in total. The predicted octanol–water partition coefficient (Wildman–Crippen LogP) is 15.1. The van der Waals surface area contributed by atoms with Crippen molar-refractivity contribution in [1.29, 1.82) is 0 Å². The number of fused-ring (bicyclic) bond motifs is 7. The van der Waals surface area contributed by atoms with E-state index < -0.39 is 0 Å². The van der Waals surface area contributed by atoms with Gasteiger partial charge in [0.1, 0.15) is 11.6 Å². The highest BCUT2D eigenvalue weighted by Crippen LogP contribution is 2.43. The Labute approximate surface area is 362 Å². The summed E-state index contributed by atoms with van der Waals surface area (Å²) in [7, 11) is 0. The molecule has 0 spiro atoms. The molecule has 62 heavy (non-hydrogen) atoms. The summed E-state index contributed by atoms with van der Waals surface area (Å²) < 4.78 is 4.72. The summed E-state index contributed by atoms with van der Waals surface area (Å²) in [5.41, 5.74) is 16.8. The Morgan fingerprint density at radius 2 is 1.19 bits per heavy atom. The predicted molar refractivity (Wildman–Crippen MR) is 261 cm³/mol. The molecule has 0 aliphatic heterocycles. The van der Waals surface area contributed by atoms with Gasteiger partial charge in [-0.3, -0.25) is 9.13 Å². The van der Waals surface area contributed by atoms with Crippen LogP contribution in [0.15, 0.2) is 164 Å². The van der Waals surface area contributed by atoms with Gasteiger partial charge in [0, 0.05) is 50.1 Å². The van der Waals surface area contributed by atoms with Crippen LogP contribution in [0.1, 0.15) is 58.2 Å². The second-order valence-electron chi connectivity index (χ2n) is 19.0. The molecule has 0 aliphatic carbocycles. The van der Waals surface area contributed by atoms with E-state index in [2.05, 4.69) is 220 Å². The molecule has 302 valence electrons. The third kappa shape index (κ3) is 6.14. The molecule has 7 aromatic carbocycles. The standard InChI is InChI=1S/C57H49N5/c1-35-20-24-41(25-21-35)61-49-19-13-17-42(54(49)60-55(61)47-31-38(36-14-9-8-10-15-36)30-46-43-16-11-12-18-48(43)59-53(46)47)37-22-26-44-45-27-23-39(56(2,3)4)33-51(45)62(50(44)32-37)52-34-40(28-29-58-52)57(5,6)7/h8-34,59H,1-7H3. The van der Waals surface area contributed by atoms with Crippen molar-refractivity contribution in [2.45, 2.75) is 59.3 Å². The van der Waals surface area contributed by atoms with Gasteiger partial charge < -0.3 is 4.98 Å². The van der Waals surface area contributed by atoms with Gasteiger partial charge in [-0.05, 0) is 106 Å². The molecule has 0 unspecified atom stereocenters. The van der Waals surface area contributed by atoms with E-state index in [1.165, 1.54) is 43.8 Å². The summed E-state index contributed by atoms with van der Waals surface area (Å²) in [6.07, 6.45) is 1.96. The molecule has 0 aliphatic rings. The van der Waals surface area contributed by atoms with Crippen molar-refractivity contribution in [3.8, 4) is 45.1 Å². The van der Waals surface area contributed by atoms with E-state index in [0.29, 0.717) is 0 Å². The van der Waals surface area contributed by atoms with Crippen LogP contribution in [0.2, 0.25) is 0 Å².